The number of hydrogen-bond acceptors (Lipinski definition) is 4. The molecule has 0 spiro atoms. The molecule has 4 heteroatoms. The fourth-order valence-corrected chi connectivity index (χ4v) is 3.55. The Hall–Kier alpha value is -1.65. The van der Waals surface area contributed by atoms with Crippen LogP contribution >= 0.6 is 0 Å². The number of nitrogens with zero attached hydrogens (tertiary/aromatic N) is 2. The summed E-state index contributed by atoms with van der Waals surface area (Å²) < 4.78 is 5.36. The number of likely N-dealkylation sites (tertiary alicyclic amines) is 1. The van der Waals surface area contributed by atoms with E-state index in [1.54, 1.807) is 0 Å². The Morgan fingerprint density at radius 2 is 2.05 bits per heavy atom. The first-order valence-electron chi connectivity index (χ1n) is 8.14. The lowest BCUT2D eigenvalue weighted by Gasteiger charge is -2.16. The van der Waals surface area contributed by atoms with E-state index in [1.165, 1.54) is 11.1 Å². The molecule has 1 aliphatic rings. The fourth-order valence-electron chi connectivity index (χ4n) is 3.55. The summed E-state index contributed by atoms with van der Waals surface area (Å²) >= 11 is 0. The van der Waals surface area contributed by atoms with Gasteiger partial charge in [0.15, 0.2) is 0 Å². The molecule has 0 radical (unpaired) electrons. The second kappa shape index (κ2) is 6.63. The van der Waals surface area contributed by atoms with Crippen molar-refractivity contribution >= 4 is 0 Å². The number of aryl methyl sites for hydroxylation is 2. The van der Waals surface area contributed by atoms with Crippen molar-refractivity contribution in [2.24, 2.45) is 11.7 Å². The molecule has 1 saturated heterocycles. The van der Waals surface area contributed by atoms with Crippen LogP contribution < -0.4 is 5.73 Å². The van der Waals surface area contributed by atoms with Crippen LogP contribution in [0.3, 0.4) is 0 Å². The fraction of sp³-hybridized carbons (Fsp3) is 0.500. The summed E-state index contributed by atoms with van der Waals surface area (Å²) in [5.41, 5.74) is 9.77. The highest BCUT2D eigenvalue weighted by Crippen LogP contribution is 2.33. The first-order chi connectivity index (χ1) is 10.7. The third-order valence-electron chi connectivity index (χ3n) is 4.83. The molecule has 1 aliphatic heterocycles. The van der Waals surface area contributed by atoms with Crippen LogP contribution in [-0.2, 0) is 13.0 Å². The summed E-state index contributed by atoms with van der Waals surface area (Å²) in [5, 5.41) is 4.17. The third-order valence-corrected chi connectivity index (χ3v) is 4.83. The van der Waals surface area contributed by atoms with E-state index in [9.17, 15) is 0 Å². The maximum Gasteiger partial charge on any atom is 0.138 e. The SMILES string of the molecule is CCc1noc(C)c1CN1C[C@@H](CN)[C@H](c2ccccc2)C1. The maximum absolute atomic E-state index is 6.03. The Balaban J connectivity index is 1.76. The number of aromatic nitrogens is 1. The van der Waals surface area contributed by atoms with E-state index in [4.69, 9.17) is 10.3 Å². The lowest BCUT2D eigenvalue weighted by molar-refractivity contribution is 0.313. The summed E-state index contributed by atoms with van der Waals surface area (Å²) in [7, 11) is 0. The summed E-state index contributed by atoms with van der Waals surface area (Å²) in [6, 6.07) is 10.7. The van der Waals surface area contributed by atoms with Gasteiger partial charge in [-0.05, 0) is 31.4 Å². The van der Waals surface area contributed by atoms with Crippen LogP contribution in [0.4, 0.5) is 0 Å². The van der Waals surface area contributed by atoms with Gasteiger partial charge in [-0.3, -0.25) is 4.90 Å². The van der Waals surface area contributed by atoms with Crippen molar-refractivity contribution < 1.29 is 4.52 Å². The third kappa shape index (κ3) is 2.94. The topological polar surface area (TPSA) is 55.3 Å². The highest BCUT2D eigenvalue weighted by Gasteiger charge is 2.33. The molecule has 0 amide bonds. The van der Waals surface area contributed by atoms with E-state index in [0.717, 1.165) is 44.1 Å². The van der Waals surface area contributed by atoms with Crippen LogP contribution in [0, 0.1) is 12.8 Å². The van der Waals surface area contributed by atoms with Crippen molar-refractivity contribution in [2.75, 3.05) is 19.6 Å². The Labute approximate surface area is 132 Å². The van der Waals surface area contributed by atoms with Gasteiger partial charge in [-0.15, -0.1) is 0 Å². The summed E-state index contributed by atoms with van der Waals surface area (Å²) in [4.78, 5) is 2.49. The minimum atomic E-state index is 0.521. The Kier molecular flexibility index (Phi) is 4.60. The first-order valence-corrected chi connectivity index (χ1v) is 8.14. The molecule has 0 bridgehead atoms. The zero-order valence-electron chi connectivity index (χ0n) is 13.5. The molecule has 3 rings (SSSR count). The maximum atomic E-state index is 6.03. The van der Waals surface area contributed by atoms with Crippen LogP contribution in [0.5, 0.6) is 0 Å². The monoisotopic (exact) mass is 299 g/mol. The van der Waals surface area contributed by atoms with Crippen LogP contribution in [0.2, 0.25) is 0 Å². The van der Waals surface area contributed by atoms with Gasteiger partial charge in [0, 0.05) is 31.1 Å². The standard InChI is InChI=1S/C18H25N3O/c1-3-18-16(13(2)22-20-18)11-21-10-15(9-19)17(12-21)14-7-5-4-6-8-14/h4-8,15,17H,3,9-12,19H2,1-2H3/t15-,17+/m1/s1. The lowest BCUT2D eigenvalue weighted by Crippen LogP contribution is -2.23. The zero-order chi connectivity index (χ0) is 15.5. The number of nitrogens with two attached hydrogens (primary N) is 1. The van der Waals surface area contributed by atoms with Gasteiger partial charge in [-0.25, -0.2) is 0 Å². The molecule has 1 aromatic carbocycles. The number of hydrogen-bond donors (Lipinski definition) is 1. The van der Waals surface area contributed by atoms with E-state index in [0.29, 0.717) is 11.8 Å². The first kappa shape index (κ1) is 15.3. The van der Waals surface area contributed by atoms with Crippen LogP contribution in [0.15, 0.2) is 34.9 Å². The van der Waals surface area contributed by atoms with E-state index < -0.39 is 0 Å². The summed E-state index contributed by atoms with van der Waals surface area (Å²) in [6.45, 7) is 7.88. The number of rotatable bonds is 5. The van der Waals surface area contributed by atoms with Gasteiger partial charge in [-0.1, -0.05) is 42.4 Å². The molecule has 0 aliphatic carbocycles. The van der Waals surface area contributed by atoms with Gasteiger partial charge < -0.3 is 10.3 Å². The van der Waals surface area contributed by atoms with E-state index >= 15 is 0 Å². The lowest BCUT2D eigenvalue weighted by atomic mass is 9.89. The van der Waals surface area contributed by atoms with Crippen molar-refractivity contribution in [3.63, 3.8) is 0 Å². The van der Waals surface area contributed by atoms with E-state index in [2.05, 4.69) is 47.3 Å². The summed E-state index contributed by atoms with van der Waals surface area (Å²) in [5.74, 6) is 1.99. The molecular weight excluding hydrogens is 274 g/mol. The molecule has 0 saturated carbocycles. The van der Waals surface area contributed by atoms with Crippen molar-refractivity contribution in [3.8, 4) is 0 Å². The van der Waals surface area contributed by atoms with Gasteiger partial charge in [0.1, 0.15) is 5.76 Å². The van der Waals surface area contributed by atoms with Crippen LogP contribution in [0.1, 0.15) is 35.4 Å². The van der Waals surface area contributed by atoms with Crippen LogP contribution in [0.25, 0.3) is 0 Å². The van der Waals surface area contributed by atoms with E-state index in [-0.39, 0.29) is 0 Å². The van der Waals surface area contributed by atoms with Crippen molar-refractivity contribution in [2.45, 2.75) is 32.7 Å². The predicted octanol–water partition coefficient (Wildman–Crippen LogP) is 2.72. The molecule has 4 nitrogen and oxygen atoms in total. The number of benzene rings is 1. The largest absolute Gasteiger partial charge is 0.361 e. The molecule has 2 aromatic rings. The average molecular weight is 299 g/mol. The second-order valence-electron chi connectivity index (χ2n) is 6.22. The molecule has 118 valence electrons. The molecule has 2 atom stereocenters. The zero-order valence-corrected chi connectivity index (χ0v) is 13.5. The molecule has 0 unspecified atom stereocenters. The Bertz CT molecular complexity index is 608. The van der Waals surface area contributed by atoms with Gasteiger partial charge in [-0.2, -0.15) is 0 Å². The average Bonchev–Trinajstić information content (AvgIpc) is 3.13. The normalized spacial score (nSPS) is 22.3. The van der Waals surface area contributed by atoms with E-state index in [1.807, 2.05) is 6.92 Å². The van der Waals surface area contributed by atoms with Crippen molar-refractivity contribution in [3.05, 3.63) is 52.9 Å². The molecule has 1 aromatic heterocycles. The quantitative estimate of drug-likeness (QED) is 0.922. The highest BCUT2D eigenvalue weighted by molar-refractivity contribution is 5.25. The van der Waals surface area contributed by atoms with Crippen LogP contribution in [-0.4, -0.2) is 29.7 Å². The minimum Gasteiger partial charge on any atom is -0.361 e. The van der Waals surface area contributed by atoms with Gasteiger partial charge >= 0.3 is 0 Å². The Morgan fingerprint density at radius 3 is 2.73 bits per heavy atom. The van der Waals surface area contributed by atoms with Gasteiger partial charge in [0.05, 0.1) is 5.69 Å². The molecule has 2 N–H and O–H groups in total. The Morgan fingerprint density at radius 1 is 1.27 bits per heavy atom. The molecule has 1 fully saturated rings. The molecule has 2 heterocycles. The predicted molar refractivity (Wildman–Crippen MR) is 87.6 cm³/mol. The smallest absolute Gasteiger partial charge is 0.138 e. The molecular formula is C18H25N3O. The van der Waals surface area contributed by atoms with Gasteiger partial charge in [0.25, 0.3) is 0 Å². The van der Waals surface area contributed by atoms with Crippen molar-refractivity contribution in [1.29, 1.82) is 0 Å². The minimum absolute atomic E-state index is 0.521. The van der Waals surface area contributed by atoms with Gasteiger partial charge in [0.2, 0.25) is 0 Å². The summed E-state index contributed by atoms with van der Waals surface area (Å²) in [6.07, 6.45) is 0.920. The molecule has 22 heavy (non-hydrogen) atoms. The van der Waals surface area contributed by atoms with Crippen molar-refractivity contribution in [1.82, 2.24) is 10.1 Å². The second-order valence-corrected chi connectivity index (χ2v) is 6.22. The highest BCUT2D eigenvalue weighted by atomic mass is 16.5.